The maximum atomic E-state index is 13.9. The molecule has 0 saturated carbocycles. The normalized spacial score (nSPS) is 20.1. The lowest BCUT2D eigenvalue weighted by molar-refractivity contribution is -0.128. The van der Waals surface area contributed by atoms with E-state index in [1.54, 1.807) is 60.4 Å². The van der Waals surface area contributed by atoms with Crippen LogP contribution < -0.4 is 30.2 Å². The van der Waals surface area contributed by atoms with Crippen LogP contribution in [0.15, 0.2) is 53.5 Å². The quantitative estimate of drug-likeness (QED) is 0.177. The Kier molecular flexibility index (Phi) is 13.5. The molecule has 330 valence electrons. The Balaban J connectivity index is 0.994. The van der Waals surface area contributed by atoms with Gasteiger partial charge in [-0.25, -0.2) is 9.69 Å². The van der Waals surface area contributed by atoms with Crippen molar-refractivity contribution in [2.75, 3.05) is 38.3 Å². The highest BCUT2D eigenvalue weighted by molar-refractivity contribution is 6.06. The minimum absolute atomic E-state index is 0.0156. The van der Waals surface area contributed by atoms with Crippen LogP contribution in [0, 0.1) is 12.8 Å². The number of hydrogen-bond donors (Lipinski definition) is 3. The minimum Gasteiger partial charge on any atom is -0.493 e. The smallest absolute Gasteiger partial charge is 0.416 e. The van der Waals surface area contributed by atoms with Gasteiger partial charge in [-0.2, -0.15) is 0 Å². The number of aliphatic hydroxyl groups excluding tert-OH is 1. The summed E-state index contributed by atoms with van der Waals surface area (Å²) in [6.07, 6.45) is 3.16. The second-order valence-electron chi connectivity index (χ2n) is 16.7. The number of ketones is 1. The number of amides is 4. The summed E-state index contributed by atoms with van der Waals surface area (Å²) in [5.74, 6) is 0.307. The predicted molar refractivity (Wildman–Crippen MR) is 230 cm³/mol. The van der Waals surface area contributed by atoms with E-state index in [4.69, 9.17) is 24.7 Å². The minimum atomic E-state index is -1.38. The van der Waals surface area contributed by atoms with Gasteiger partial charge in [-0.15, -0.1) is 0 Å². The van der Waals surface area contributed by atoms with Crippen LogP contribution in [0.2, 0.25) is 0 Å². The maximum absolute atomic E-state index is 13.9. The molecule has 0 unspecified atom stereocenters. The predicted octanol–water partition coefficient (Wildman–Crippen LogP) is 4.85. The van der Waals surface area contributed by atoms with E-state index >= 15 is 0 Å². The number of anilines is 1. The first-order chi connectivity index (χ1) is 29.7. The molecular weight excluding hydrogens is 797 g/mol. The van der Waals surface area contributed by atoms with Crippen molar-refractivity contribution in [3.63, 3.8) is 0 Å². The monoisotopic (exact) mass is 852 g/mol. The number of Topliss-reactive ketones (excluding diaryl/α,β-unsaturated/α-hetero) is 1. The van der Waals surface area contributed by atoms with Gasteiger partial charge in [0.25, 0.3) is 11.8 Å². The standard InChI is InChI=1S/C46H56N6O10/c1-26(2)41(47)42(54)49-28(4)37(53)20-29-11-13-30(14-12-29)25-62-46(58)52-36-23-38(27(3)19-33(36)44(56)51-16-7-10-35(51)45(52)57)60-17-8-18-61-40-22-34-32(21-39(40)59-5)43(55)50-15-6-9-31(50)24-48-34/h11-14,19,21-24,26,28,31,35,41,45,57H,6-10,15-18,20,25,47H2,1-5H3,(H,49,54)/t28-,31-,35-,41-,45-/m0/s1. The lowest BCUT2D eigenvalue weighted by atomic mass is 10.0. The lowest BCUT2D eigenvalue weighted by Crippen LogP contribution is -2.50. The Morgan fingerprint density at radius 2 is 1.56 bits per heavy atom. The van der Waals surface area contributed by atoms with Gasteiger partial charge in [0, 0.05) is 44.3 Å². The molecule has 2 fully saturated rings. The fraction of sp³-hybridized carbons (Fsp3) is 0.478. The van der Waals surface area contributed by atoms with Gasteiger partial charge in [-0.1, -0.05) is 38.1 Å². The van der Waals surface area contributed by atoms with Crippen molar-refractivity contribution in [3.05, 3.63) is 76.3 Å². The third kappa shape index (κ3) is 9.26. The molecular formula is C46H56N6O10. The van der Waals surface area contributed by atoms with Crippen molar-refractivity contribution in [1.82, 2.24) is 15.1 Å². The largest absolute Gasteiger partial charge is 0.493 e. The summed E-state index contributed by atoms with van der Waals surface area (Å²) in [4.78, 5) is 75.5. The Hall–Kier alpha value is -6.00. The van der Waals surface area contributed by atoms with Crippen molar-refractivity contribution in [2.24, 2.45) is 16.6 Å². The first kappa shape index (κ1) is 44.1. The highest BCUT2D eigenvalue weighted by Gasteiger charge is 2.45. The number of aliphatic hydroxyl groups is 1. The van der Waals surface area contributed by atoms with Gasteiger partial charge in [0.05, 0.1) is 67.0 Å². The molecule has 4 heterocycles. The average Bonchev–Trinajstić information content (AvgIpc) is 3.92. The summed E-state index contributed by atoms with van der Waals surface area (Å²) in [6.45, 7) is 8.58. The summed E-state index contributed by atoms with van der Waals surface area (Å²) < 4.78 is 23.6. The molecule has 0 aliphatic carbocycles. The fourth-order valence-electron chi connectivity index (χ4n) is 8.29. The first-order valence-corrected chi connectivity index (χ1v) is 21.3. The molecule has 2 saturated heterocycles. The molecule has 5 atom stereocenters. The summed E-state index contributed by atoms with van der Waals surface area (Å²) in [6, 6.07) is 11.6. The molecule has 0 spiro atoms. The number of carbonyl (C=O) groups is 5. The van der Waals surface area contributed by atoms with Gasteiger partial charge in [0.2, 0.25) is 5.91 Å². The van der Waals surface area contributed by atoms with Crippen molar-refractivity contribution in [3.8, 4) is 17.2 Å². The van der Waals surface area contributed by atoms with Crippen LogP contribution in [0.25, 0.3) is 0 Å². The van der Waals surface area contributed by atoms with Gasteiger partial charge >= 0.3 is 6.09 Å². The van der Waals surface area contributed by atoms with Gasteiger partial charge in [-0.3, -0.25) is 24.2 Å². The Morgan fingerprint density at radius 1 is 0.887 bits per heavy atom. The third-order valence-electron chi connectivity index (χ3n) is 12.0. The van der Waals surface area contributed by atoms with Crippen LogP contribution in [-0.2, 0) is 27.4 Å². The molecule has 4 amide bonds. The lowest BCUT2D eigenvalue weighted by Gasteiger charge is -2.31. The average molecular weight is 853 g/mol. The number of ether oxygens (including phenoxy) is 4. The number of rotatable bonds is 15. The topological polar surface area (TPSA) is 203 Å². The molecule has 16 heteroatoms. The molecule has 7 rings (SSSR count). The molecule has 0 aromatic heterocycles. The van der Waals surface area contributed by atoms with Crippen LogP contribution in [0.1, 0.15) is 90.3 Å². The zero-order valence-electron chi connectivity index (χ0n) is 35.9. The SMILES string of the molecule is COc1cc2c(cc1OCCCOc1cc3c(cc1C)C(=O)N1CCC[C@H]1[C@H](O)N3C(=O)OCc1ccc(CC(=O)[C@H](C)NC(=O)[C@@H](N)C(C)C)cc1)N=C[C@@H]1CCCN1C2=O. The fourth-order valence-corrected chi connectivity index (χ4v) is 8.29. The van der Waals surface area contributed by atoms with Crippen LogP contribution >= 0.6 is 0 Å². The highest BCUT2D eigenvalue weighted by Crippen LogP contribution is 2.40. The number of aryl methyl sites for hydroxylation is 1. The van der Waals surface area contributed by atoms with Gasteiger partial charge < -0.3 is 44.9 Å². The first-order valence-electron chi connectivity index (χ1n) is 21.3. The number of nitrogens with two attached hydrogens (primary N) is 1. The second kappa shape index (κ2) is 18.9. The van der Waals surface area contributed by atoms with E-state index in [0.29, 0.717) is 77.5 Å². The summed E-state index contributed by atoms with van der Waals surface area (Å²) >= 11 is 0. The number of benzene rings is 3. The number of aliphatic imine (C=N–C) groups is 1. The van der Waals surface area contributed by atoms with E-state index in [-0.39, 0.29) is 73.0 Å². The van der Waals surface area contributed by atoms with E-state index in [2.05, 4.69) is 10.3 Å². The Bertz CT molecular complexity index is 2230. The number of nitrogens with one attached hydrogen (secondary N) is 1. The number of nitrogens with zero attached hydrogens (tertiary/aromatic N) is 4. The molecule has 0 bridgehead atoms. The summed E-state index contributed by atoms with van der Waals surface area (Å²) in [5.41, 5.74) is 9.37. The molecule has 62 heavy (non-hydrogen) atoms. The number of hydrogen-bond acceptors (Lipinski definition) is 12. The summed E-state index contributed by atoms with van der Waals surface area (Å²) in [7, 11) is 1.52. The van der Waals surface area contributed by atoms with Crippen molar-refractivity contribution < 1.29 is 48.0 Å². The van der Waals surface area contributed by atoms with E-state index in [9.17, 15) is 29.1 Å². The second-order valence-corrected chi connectivity index (χ2v) is 16.7. The maximum Gasteiger partial charge on any atom is 0.416 e. The summed E-state index contributed by atoms with van der Waals surface area (Å²) in [5, 5.41) is 14.4. The van der Waals surface area contributed by atoms with Crippen LogP contribution in [-0.4, -0.2) is 115 Å². The Morgan fingerprint density at radius 3 is 2.29 bits per heavy atom. The van der Waals surface area contributed by atoms with E-state index in [1.807, 2.05) is 31.9 Å². The number of carbonyl (C=O) groups excluding carboxylic acids is 5. The molecule has 4 N–H and O–H groups in total. The van der Waals surface area contributed by atoms with E-state index < -0.39 is 30.4 Å². The zero-order valence-corrected chi connectivity index (χ0v) is 35.9. The van der Waals surface area contributed by atoms with Gasteiger partial charge in [0.1, 0.15) is 12.4 Å². The number of methoxy groups -OCH3 is 1. The number of fused-ring (bicyclic) bond motifs is 4. The molecule has 0 radical (unpaired) electrons. The highest BCUT2D eigenvalue weighted by atomic mass is 16.6. The molecule has 16 nitrogen and oxygen atoms in total. The molecule has 3 aromatic carbocycles. The molecule has 4 aliphatic heterocycles. The van der Waals surface area contributed by atoms with Crippen molar-refractivity contribution >= 4 is 47.2 Å². The van der Waals surface area contributed by atoms with Crippen LogP contribution in [0.5, 0.6) is 17.2 Å². The van der Waals surface area contributed by atoms with Gasteiger partial charge in [0.15, 0.2) is 23.5 Å². The van der Waals surface area contributed by atoms with E-state index in [0.717, 1.165) is 17.7 Å². The van der Waals surface area contributed by atoms with Crippen molar-refractivity contribution in [1.29, 1.82) is 0 Å². The van der Waals surface area contributed by atoms with Crippen LogP contribution in [0.4, 0.5) is 16.2 Å². The zero-order chi connectivity index (χ0) is 44.2. The molecule has 4 aliphatic rings. The van der Waals surface area contributed by atoms with Gasteiger partial charge in [-0.05, 0) is 74.3 Å². The Labute approximate surface area is 361 Å². The third-order valence-corrected chi connectivity index (χ3v) is 12.0. The molecule has 3 aromatic rings. The van der Waals surface area contributed by atoms with Crippen LogP contribution in [0.3, 0.4) is 0 Å². The van der Waals surface area contributed by atoms with Crippen molar-refractivity contribution in [2.45, 2.75) is 103 Å². The van der Waals surface area contributed by atoms with E-state index in [1.165, 1.54) is 7.11 Å².